The normalized spacial score (nSPS) is 4.00. The Hall–Kier alpha value is 0.686. The van der Waals surface area contributed by atoms with Crippen molar-refractivity contribution in [1.82, 2.24) is 0 Å². The van der Waals surface area contributed by atoms with Gasteiger partial charge in [0, 0.05) is 43.8 Å². The van der Waals surface area contributed by atoms with Crippen molar-refractivity contribution in [2.45, 2.75) is 0 Å². The summed E-state index contributed by atoms with van der Waals surface area (Å²) in [5.41, 5.74) is 0. The monoisotopic (exact) mass is 234 g/mol. The van der Waals surface area contributed by atoms with Crippen LogP contribution in [0.4, 0.5) is 4.79 Å². The van der Waals surface area contributed by atoms with Crippen LogP contribution in [0.3, 0.4) is 0 Å². The summed E-state index contributed by atoms with van der Waals surface area (Å²) < 4.78 is 0. The van der Waals surface area contributed by atoms with Gasteiger partial charge in [-0.25, -0.2) is 4.79 Å². The van der Waals surface area contributed by atoms with Crippen molar-refractivity contribution in [2.75, 3.05) is 0 Å². The summed E-state index contributed by atoms with van der Waals surface area (Å²) in [5, 5.41) is 13.9. The van der Waals surface area contributed by atoms with Gasteiger partial charge in [0.1, 0.15) is 0 Å². The Morgan fingerprint density at radius 1 is 1.33 bits per heavy atom. The summed E-state index contributed by atoms with van der Waals surface area (Å²) in [7, 11) is 0. The van der Waals surface area contributed by atoms with E-state index in [1.807, 2.05) is 0 Å². The first-order valence-electron chi connectivity index (χ1n) is 0.651. The minimum absolute atomic E-state index is 0. The maximum Gasteiger partial charge on any atom is 0.503 e. The maximum atomic E-state index is 8.56. The molecule has 36 valence electrons. The van der Waals surface area contributed by atoms with Crippen LogP contribution >= 0.6 is 0 Å². The zero-order valence-electron chi connectivity index (χ0n) is 2.83. The topological polar surface area (TPSA) is 57.5 Å². The van der Waals surface area contributed by atoms with Crippen molar-refractivity contribution >= 4 is 6.16 Å². The molecule has 5 heteroatoms. The molecule has 0 aromatic heterocycles. The molecule has 0 bridgehead atoms. The largest absolute Gasteiger partial charge is 0.503 e. The van der Waals surface area contributed by atoms with Crippen molar-refractivity contribution in [2.24, 2.45) is 0 Å². The molecule has 0 heterocycles. The molecule has 0 radical (unpaired) electrons. The standard InChI is InChI=1S/CH2O3.Cd.Ni/c2-1(3)4;;/h(H2,2,3,4);;. The summed E-state index contributed by atoms with van der Waals surface area (Å²) in [6.45, 7) is 0. The van der Waals surface area contributed by atoms with Gasteiger partial charge < -0.3 is 10.2 Å². The van der Waals surface area contributed by atoms with Crippen LogP contribution in [0.25, 0.3) is 0 Å². The quantitative estimate of drug-likeness (QED) is 0.588. The zero-order valence-corrected chi connectivity index (χ0v) is 7.85. The second-order valence-electron chi connectivity index (χ2n) is 0.283. The minimum Gasteiger partial charge on any atom is -0.450 e. The van der Waals surface area contributed by atoms with Gasteiger partial charge in [0.25, 0.3) is 0 Å². The average molecular weight is 233 g/mol. The van der Waals surface area contributed by atoms with Gasteiger partial charge in [-0.05, 0) is 0 Å². The summed E-state index contributed by atoms with van der Waals surface area (Å²) in [5.74, 6) is 0. The van der Waals surface area contributed by atoms with Gasteiger partial charge in [-0.1, -0.05) is 0 Å². The Balaban J connectivity index is -0.0000000450. The molecule has 0 spiro atoms. The number of carbonyl (C=O) groups is 1. The first kappa shape index (κ1) is 15.9. The fourth-order valence-corrected chi connectivity index (χ4v) is 0. The van der Waals surface area contributed by atoms with E-state index in [-0.39, 0.29) is 43.8 Å². The Morgan fingerprint density at radius 2 is 1.33 bits per heavy atom. The van der Waals surface area contributed by atoms with Crippen molar-refractivity contribution in [3.8, 4) is 0 Å². The maximum absolute atomic E-state index is 8.56. The van der Waals surface area contributed by atoms with Crippen LogP contribution in [0, 0.1) is 0 Å². The number of hydrogen-bond acceptors (Lipinski definition) is 1. The smallest absolute Gasteiger partial charge is 0.450 e. The number of carboxylic acid groups (broad SMARTS) is 2. The summed E-state index contributed by atoms with van der Waals surface area (Å²) in [6.07, 6.45) is -1.83. The molecule has 2 N–H and O–H groups in total. The van der Waals surface area contributed by atoms with Gasteiger partial charge in [0.15, 0.2) is 0 Å². The second-order valence-corrected chi connectivity index (χ2v) is 0.283. The molecule has 0 aromatic carbocycles. The zero-order chi connectivity index (χ0) is 3.58. The average Bonchev–Trinajstić information content (AvgIpc) is 0.811. The van der Waals surface area contributed by atoms with Gasteiger partial charge in [-0.3, -0.25) is 0 Å². The Labute approximate surface area is 64.8 Å². The third-order valence-electron chi connectivity index (χ3n) is 0. The van der Waals surface area contributed by atoms with E-state index in [0.29, 0.717) is 0 Å². The van der Waals surface area contributed by atoms with Gasteiger partial charge in [0.2, 0.25) is 0 Å². The van der Waals surface area contributed by atoms with E-state index in [2.05, 4.69) is 0 Å². The van der Waals surface area contributed by atoms with Crippen LogP contribution in [0.1, 0.15) is 0 Å². The van der Waals surface area contributed by atoms with E-state index >= 15 is 0 Å². The molecular formula is CH2CdNiO3. The van der Waals surface area contributed by atoms with Gasteiger partial charge in [-0.15, -0.1) is 0 Å². The summed E-state index contributed by atoms with van der Waals surface area (Å²) in [6, 6.07) is 0. The van der Waals surface area contributed by atoms with Crippen molar-refractivity contribution in [3.63, 3.8) is 0 Å². The molecule has 0 atom stereocenters. The van der Waals surface area contributed by atoms with E-state index < -0.39 is 6.16 Å². The predicted molar refractivity (Wildman–Crippen MR) is 10.7 cm³/mol. The second kappa shape index (κ2) is 9.19. The number of rotatable bonds is 0. The fourth-order valence-electron chi connectivity index (χ4n) is 0. The molecule has 0 saturated carbocycles. The van der Waals surface area contributed by atoms with Crippen LogP contribution in [-0.4, -0.2) is 16.4 Å². The summed E-state index contributed by atoms with van der Waals surface area (Å²) >= 11 is 0. The van der Waals surface area contributed by atoms with Crippen LogP contribution in [0.15, 0.2) is 0 Å². The fraction of sp³-hybridized carbons (Fsp3) is 0. The first-order valence-corrected chi connectivity index (χ1v) is 0.651. The van der Waals surface area contributed by atoms with Crippen LogP contribution in [0.2, 0.25) is 0 Å². The van der Waals surface area contributed by atoms with Gasteiger partial charge in [0.05, 0.1) is 0 Å². The van der Waals surface area contributed by atoms with E-state index in [9.17, 15) is 0 Å². The van der Waals surface area contributed by atoms with Crippen LogP contribution < -0.4 is 0 Å². The van der Waals surface area contributed by atoms with Gasteiger partial charge in [-0.2, -0.15) is 0 Å². The molecule has 0 aliphatic heterocycles. The predicted octanol–water partition coefficient (Wildman–Crippen LogP) is 0.217. The van der Waals surface area contributed by atoms with Crippen LogP contribution in [0.5, 0.6) is 0 Å². The molecule has 0 aliphatic rings. The molecule has 0 unspecified atom stereocenters. The van der Waals surface area contributed by atoms with Crippen molar-refractivity contribution in [1.29, 1.82) is 0 Å². The molecule has 0 aromatic rings. The molecule has 0 rings (SSSR count). The molecular weight excluding hydrogens is 231 g/mol. The molecule has 0 saturated heterocycles. The third-order valence-corrected chi connectivity index (χ3v) is 0. The Kier molecular flexibility index (Phi) is 24.4. The Morgan fingerprint density at radius 3 is 1.33 bits per heavy atom. The van der Waals surface area contributed by atoms with Crippen molar-refractivity contribution in [3.05, 3.63) is 0 Å². The SMILES string of the molecule is O=C(O)O.[Cd].[Ni]. The van der Waals surface area contributed by atoms with Gasteiger partial charge >= 0.3 is 6.16 Å². The van der Waals surface area contributed by atoms with Crippen molar-refractivity contribution < 1.29 is 58.8 Å². The van der Waals surface area contributed by atoms with E-state index in [0.717, 1.165) is 0 Å². The molecule has 6 heavy (non-hydrogen) atoms. The summed E-state index contributed by atoms with van der Waals surface area (Å²) in [4.78, 5) is 8.56. The first-order chi connectivity index (χ1) is 1.73. The molecule has 0 fully saturated rings. The molecule has 0 amide bonds. The molecule has 3 nitrogen and oxygen atoms in total. The third kappa shape index (κ3) is 135. The van der Waals surface area contributed by atoms with E-state index in [4.69, 9.17) is 15.0 Å². The number of hydrogen-bond donors (Lipinski definition) is 2. The Bertz CT molecular complexity index is 33.8. The van der Waals surface area contributed by atoms with E-state index in [1.165, 1.54) is 0 Å². The van der Waals surface area contributed by atoms with Crippen LogP contribution in [-0.2, 0) is 43.8 Å². The minimum atomic E-state index is -1.83. The molecule has 0 aliphatic carbocycles. The van der Waals surface area contributed by atoms with E-state index in [1.54, 1.807) is 0 Å².